The summed E-state index contributed by atoms with van der Waals surface area (Å²) in [5.41, 5.74) is 1.32. The van der Waals surface area contributed by atoms with Crippen molar-refractivity contribution in [1.29, 1.82) is 0 Å². The van der Waals surface area contributed by atoms with E-state index in [4.69, 9.17) is 4.65 Å². The molecule has 0 spiro atoms. The first-order valence-electron chi connectivity index (χ1n) is 5.86. The van der Waals surface area contributed by atoms with E-state index in [-0.39, 0.29) is 29.6 Å². The van der Waals surface area contributed by atoms with Crippen LogP contribution >= 0.6 is 0 Å². The summed E-state index contributed by atoms with van der Waals surface area (Å²) in [5.74, 6) is 0. The van der Waals surface area contributed by atoms with Crippen LogP contribution in [-0.4, -0.2) is 16.5 Å². The van der Waals surface area contributed by atoms with Crippen LogP contribution in [0.3, 0.4) is 0 Å². The minimum Gasteiger partial charge on any atom is -0.668 e. The third-order valence-corrected chi connectivity index (χ3v) is 6.98. The molecule has 0 radical (unpaired) electrons. The van der Waals surface area contributed by atoms with Crippen molar-refractivity contribution in [2.75, 3.05) is 0 Å². The second kappa shape index (κ2) is 8.67. The third-order valence-electron chi connectivity index (χ3n) is 1.61. The number of rotatable bonds is 2. The van der Waals surface area contributed by atoms with Gasteiger partial charge >= 0.3 is 29.6 Å². The first-order valence-corrected chi connectivity index (χ1v) is 12.8. The van der Waals surface area contributed by atoms with Crippen LogP contribution in [0.5, 0.6) is 0 Å². The van der Waals surface area contributed by atoms with Crippen LogP contribution in [0, 0.1) is 6.92 Å². The Morgan fingerprint density at radius 2 is 1.12 bits per heavy atom. The fraction of sp³-hybridized carbons (Fsp3) is 0.538. The standard InChI is InChI=1S/C7H8.C6H18NSi2.Na/c1-7-5-3-2-4-6-7;1-8(2,3)7-9(4,5)6;/h2-6H,1H3;1-6H3;/q;-1;+1. The van der Waals surface area contributed by atoms with Crippen molar-refractivity contribution in [3.8, 4) is 0 Å². The van der Waals surface area contributed by atoms with Gasteiger partial charge in [-0.25, -0.2) is 0 Å². The molecule has 4 heteroatoms. The molecule has 0 bridgehead atoms. The van der Waals surface area contributed by atoms with Gasteiger partial charge in [-0.05, 0) is 6.92 Å². The summed E-state index contributed by atoms with van der Waals surface area (Å²) in [6.45, 7) is 15.9. The molecule has 0 fully saturated rings. The molecule has 92 valence electrons. The monoisotopic (exact) mass is 275 g/mol. The van der Waals surface area contributed by atoms with E-state index in [9.17, 15) is 0 Å². The quantitative estimate of drug-likeness (QED) is 0.733. The Labute approximate surface area is 132 Å². The van der Waals surface area contributed by atoms with Gasteiger partial charge in [0.15, 0.2) is 0 Å². The van der Waals surface area contributed by atoms with Crippen LogP contribution in [0.4, 0.5) is 0 Å². The van der Waals surface area contributed by atoms with Gasteiger partial charge in [0.25, 0.3) is 0 Å². The minimum absolute atomic E-state index is 0. The molecule has 0 unspecified atom stereocenters. The van der Waals surface area contributed by atoms with Crippen molar-refractivity contribution >= 4 is 16.5 Å². The molecule has 0 atom stereocenters. The summed E-state index contributed by atoms with van der Waals surface area (Å²) in [6, 6.07) is 10.3. The number of nitrogens with zero attached hydrogens (tertiary/aromatic N) is 1. The van der Waals surface area contributed by atoms with Crippen molar-refractivity contribution in [3.63, 3.8) is 0 Å². The molecule has 0 aromatic heterocycles. The largest absolute Gasteiger partial charge is 1.00 e. The molecule has 0 amide bonds. The van der Waals surface area contributed by atoms with Gasteiger partial charge in [-0.15, -0.1) is 0 Å². The Bertz CT molecular complexity index is 277. The molecule has 0 aliphatic heterocycles. The van der Waals surface area contributed by atoms with Crippen LogP contribution < -0.4 is 29.6 Å². The first kappa shape index (κ1) is 19.9. The van der Waals surface area contributed by atoms with Gasteiger partial charge in [-0.1, -0.05) is 91.6 Å². The van der Waals surface area contributed by atoms with Gasteiger partial charge in [0.1, 0.15) is 0 Å². The van der Waals surface area contributed by atoms with Crippen LogP contribution in [0.15, 0.2) is 30.3 Å². The van der Waals surface area contributed by atoms with E-state index in [2.05, 4.69) is 58.3 Å². The number of aryl methyl sites for hydroxylation is 1. The maximum absolute atomic E-state index is 4.82. The summed E-state index contributed by atoms with van der Waals surface area (Å²) < 4.78 is 4.82. The Morgan fingerprint density at radius 3 is 1.24 bits per heavy atom. The van der Waals surface area contributed by atoms with Crippen LogP contribution in [0.2, 0.25) is 39.3 Å². The first-order chi connectivity index (χ1) is 7.10. The zero-order chi connectivity index (χ0) is 12.8. The molecule has 1 aromatic carbocycles. The average Bonchev–Trinajstić information content (AvgIpc) is 1.99. The van der Waals surface area contributed by atoms with Crippen molar-refractivity contribution in [2.24, 2.45) is 0 Å². The fourth-order valence-electron chi connectivity index (χ4n) is 1.54. The zero-order valence-corrected chi connectivity index (χ0v) is 16.8. The van der Waals surface area contributed by atoms with E-state index in [1.54, 1.807) is 0 Å². The predicted molar refractivity (Wildman–Crippen MR) is 81.2 cm³/mol. The van der Waals surface area contributed by atoms with E-state index >= 15 is 0 Å². The molecule has 1 aromatic rings. The van der Waals surface area contributed by atoms with E-state index in [1.807, 2.05) is 18.2 Å². The smallest absolute Gasteiger partial charge is 0.668 e. The van der Waals surface area contributed by atoms with Gasteiger partial charge in [0, 0.05) is 0 Å². The molecule has 0 aliphatic rings. The number of hydrogen-bond donors (Lipinski definition) is 0. The van der Waals surface area contributed by atoms with E-state index in [0.29, 0.717) is 0 Å². The van der Waals surface area contributed by atoms with Gasteiger partial charge in [0.05, 0.1) is 0 Å². The normalized spacial score (nSPS) is 11.0. The molecule has 0 heterocycles. The second-order valence-electron chi connectivity index (χ2n) is 6.11. The summed E-state index contributed by atoms with van der Waals surface area (Å²) in [6.07, 6.45) is 0. The molecule has 17 heavy (non-hydrogen) atoms. The summed E-state index contributed by atoms with van der Waals surface area (Å²) in [4.78, 5) is 0. The number of benzene rings is 1. The molecular formula is C13H26NNaSi2. The van der Waals surface area contributed by atoms with Crippen molar-refractivity contribution in [2.45, 2.75) is 46.2 Å². The van der Waals surface area contributed by atoms with Crippen LogP contribution in [0.1, 0.15) is 5.56 Å². The summed E-state index contributed by atoms with van der Waals surface area (Å²) >= 11 is 0. The summed E-state index contributed by atoms with van der Waals surface area (Å²) in [7, 11) is -2.21. The fourth-order valence-corrected chi connectivity index (χ4v) is 9.59. The topological polar surface area (TPSA) is 14.1 Å². The van der Waals surface area contributed by atoms with Crippen LogP contribution in [-0.2, 0) is 0 Å². The molecule has 0 N–H and O–H groups in total. The van der Waals surface area contributed by atoms with E-state index in [1.165, 1.54) is 5.56 Å². The van der Waals surface area contributed by atoms with Crippen molar-refractivity contribution < 1.29 is 29.6 Å². The van der Waals surface area contributed by atoms with Gasteiger partial charge in [-0.2, -0.15) is 0 Å². The van der Waals surface area contributed by atoms with E-state index < -0.39 is 16.5 Å². The Hall–Kier alpha value is 0.614. The van der Waals surface area contributed by atoms with Crippen LogP contribution in [0.25, 0.3) is 4.65 Å². The van der Waals surface area contributed by atoms with Gasteiger partial charge < -0.3 is 4.65 Å². The summed E-state index contributed by atoms with van der Waals surface area (Å²) in [5, 5.41) is 0. The minimum atomic E-state index is -1.11. The molecule has 0 aliphatic carbocycles. The predicted octanol–water partition coefficient (Wildman–Crippen LogP) is 2.03. The van der Waals surface area contributed by atoms with Gasteiger partial charge in [-0.3, -0.25) is 0 Å². The Kier molecular flexibility index (Phi) is 10.2. The van der Waals surface area contributed by atoms with Gasteiger partial charge in [0.2, 0.25) is 0 Å². The molecular weight excluding hydrogens is 249 g/mol. The molecule has 0 saturated heterocycles. The molecule has 0 saturated carbocycles. The molecule has 1 rings (SSSR count). The maximum Gasteiger partial charge on any atom is 1.00 e. The second-order valence-corrected chi connectivity index (χ2v) is 15.7. The third kappa shape index (κ3) is 16.6. The number of hydrogen-bond acceptors (Lipinski definition) is 0. The average molecular weight is 276 g/mol. The molecule has 1 nitrogen and oxygen atoms in total. The van der Waals surface area contributed by atoms with Crippen molar-refractivity contribution in [3.05, 3.63) is 40.5 Å². The zero-order valence-electron chi connectivity index (χ0n) is 12.8. The Balaban J connectivity index is 0. The van der Waals surface area contributed by atoms with E-state index in [0.717, 1.165) is 0 Å². The Morgan fingerprint density at radius 1 is 0.765 bits per heavy atom. The maximum atomic E-state index is 4.82. The van der Waals surface area contributed by atoms with Crippen molar-refractivity contribution in [1.82, 2.24) is 0 Å². The SMILES string of the molecule is C[Si](C)(C)[N-][Si](C)(C)C.Cc1ccccc1.[Na+].